The van der Waals surface area contributed by atoms with Gasteiger partial charge in [-0.3, -0.25) is 0 Å². The number of methoxy groups -OCH3 is 1. The van der Waals surface area contributed by atoms with Crippen LogP contribution < -0.4 is 20.7 Å². The molecule has 0 radical (unpaired) electrons. The van der Waals surface area contributed by atoms with Crippen molar-refractivity contribution in [2.45, 2.75) is 0 Å². The molecule has 0 saturated carbocycles. The third-order valence-electron chi connectivity index (χ3n) is 3.86. The first-order chi connectivity index (χ1) is 12.3. The molecular formula is C19H13F4O2P. The van der Waals surface area contributed by atoms with Crippen LogP contribution in [0.3, 0.4) is 0 Å². The zero-order valence-electron chi connectivity index (χ0n) is 13.5. The van der Waals surface area contributed by atoms with Crippen molar-refractivity contribution >= 4 is 23.1 Å². The summed E-state index contributed by atoms with van der Waals surface area (Å²) in [6, 6.07) is 10.8. The average Bonchev–Trinajstić information content (AvgIpc) is 2.59. The lowest BCUT2D eigenvalue weighted by molar-refractivity contribution is 0.415. The molecule has 0 heterocycles. The SMILES string of the molecule is COc1ccc(P(=O)(c2cc(F)cc(F)c2)c2cc(F)cc(F)c2)cc1. The van der Waals surface area contributed by atoms with Crippen LogP contribution in [0.2, 0.25) is 0 Å². The molecule has 26 heavy (non-hydrogen) atoms. The van der Waals surface area contributed by atoms with E-state index in [0.717, 1.165) is 24.3 Å². The van der Waals surface area contributed by atoms with Gasteiger partial charge in [-0.25, -0.2) is 17.6 Å². The second-order valence-electron chi connectivity index (χ2n) is 5.56. The molecule has 0 saturated heterocycles. The highest BCUT2D eigenvalue weighted by Crippen LogP contribution is 2.43. The van der Waals surface area contributed by atoms with Gasteiger partial charge in [-0.1, -0.05) is 0 Å². The van der Waals surface area contributed by atoms with Crippen LogP contribution in [-0.2, 0) is 4.57 Å². The molecule has 3 rings (SSSR count). The average molecular weight is 380 g/mol. The van der Waals surface area contributed by atoms with Crippen LogP contribution in [0, 0.1) is 23.3 Å². The Hall–Kier alpha value is -2.59. The van der Waals surface area contributed by atoms with Gasteiger partial charge in [0.15, 0.2) is 7.14 Å². The van der Waals surface area contributed by atoms with Crippen molar-refractivity contribution in [2.24, 2.45) is 0 Å². The zero-order valence-corrected chi connectivity index (χ0v) is 14.4. The Morgan fingerprint density at radius 1 is 0.654 bits per heavy atom. The van der Waals surface area contributed by atoms with Crippen LogP contribution in [0.25, 0.3) is 0 Å². The first-order valence-electron chi connectivity index (χ1n) is 7.51. The summed E-state index contributed by atoms with van der Waals surface area (Å²) in [5, 5.41) is -0.247. The largest absolute Gasteiger partial charge is 0.497 e. The third-order valence-corrected chi connectivity index (χ3v) is 6.85. The van der Waals surface area contributed by atoms with E-state index in [4.69, 9.17) is 4.74 Å². The summed E-state index contributed by atoms with van der Waals surface area (Å²) in [5.41, 5.74) is 0. The van der Waals surface area contributed by atoms with Crippen molar-refractivity contribution in [2.75, 3.05) is 7.11 Å². The molecule has 0 aliphatic heterocycles. The van der Waals surface area contributed by atoms with Gasteiger partial charge in [0.1, 0.15) is 29.0 Å². The molecule has 0 aliphatic rings. The van der Waals surface area contributed by atoms with E-state index in [1.54, 1.807) is 0 Å². The van der Waals surface area contributed by atoms with Crippen LogP contribution in [0.15, 0.2) is 60.7 Å². The zero-order chi connectivity index (χ0) is 18.9. The molecular weight excluding hydrogens is 367 g/mol. The first-order valence-corrected chi connectivity index (χ1v) is 9.21. The maximum Gasteiger partial charge on any atom is 0.171 e. The van der Waals surface area contributed by atoms with E-state index >= 15 is 0 Å². The maximum atomic E-state index is 13.9. The molecule has 2 nitrogen and oxygen atoms in total. The van der Waals surface area contributed by atoms with Crippen LogP contribution in [0.1, 0.15) is 0 Å². The Bertz CT molecular complexity index is 907. The van der Waals surface area contributed by atoms with Crippen molar-refractivity contribution < 1.29 is 26.9 Å². The number of hydrogen-bond donors (Lipinski definition) is 0. The minimum absolute atomic E-state index is 0.160. The van der Waals surface area contributed by atoms with E-state index in [2.05, 4.69) is 0 Å². The molecule has 3 aromatic carbocycles. The summed E-state index contributed by atoms with van der Waals surface area (Å²) < 4.78 is 73.9. The van der Waals surface area contributed by atoms with Crippen molar-refractivity contribution in [1.29, 1.82) is 0 Å². The van der Waals surface area contributed by atoms with E-state index in [1.165, 1.54) is 31.4 Å². The summed E-state index contributed by atoms with van der Waals surface area (Å²) in [5.74, 6) is -3.29. The fourth-order valence-electron chi connectivity index (χ4n) is 2.68. The minimum atomic E-state index is -3.93. The predicted molar refractivity (Wildman–Crippen MR) is 92.2 cm³/mol. The highest BCUT2D eigenvalue weighted by molar-refractivity contribution is 7.85. The summed E-state index contributed by atoms with van der Waals surface area (Å²) in [4.78, 5) is 0. The van der Waals surface area contributed by atoms with E-state index in [-0.39, 0.29) is 15.9 Å². The fraction of sp³-hybridized carbons (Fsp3) is 0.0526. The van der Waals surface area contributed by atoms with E-state index in [1.807, 2.05) is 0 Å². The summed E-state index contributed by atoms with van der Waals surface area (Å²) in [6.45, 7) is 0. The molecule has 0 aromatic heterocycles. The maximum absolute atomic E-state index is 13.9. The summed E-state index contributed by atoms with van der Waals surface area (Å²) in [6.07, 6.45) is 0. The Labute approximate surface area is 147 Å². The predicted octanol–water partition coefficient (Wildman–Crippen LogP) is 3.89. The summed E-state index contributed by atoms with van der Waals surface area (Å²) in [7, 11) is -2.49. The van der Waals surface area contributed by atoms with Gasteiger partial charge in [-0.15, -0.1) is 0 Å². The lowest BCUT2D eigenvalue weighted by Crippen LogP contribution is -2.26. The lowest BCUT2D eigenvalue weighted by atomic mass is 10.3. The number of benzene rings is 3. The quantitative estimate of drug-likeness (QED) is 0.507. The van der Waals surface area contributed by atoms with Crippen LogP contribution in [-0.4, -0.2) is 7.11 Å². The molecule has 0 aliphatic carbocycles. The van der Waals surface area contributed by atoms with E-state index in [0.29, 0.717) is 17.9 Å². The topological polar surface area (TPSA) is 26.3 Å². The van der Waals surface area contributed by atoms with Crippen molar-refractivity contribution in [1.82, 2.24) is 0 Å². The van der Waals surface area contributed by atoms with Gasteiger partial charge >= 0.3 is 0 Å². The number of halogens is 4. The third kappa shape index (κ3) is 3.37. The molecule has 0 amide bonds. The number of rotatable bonds is 4. The molecule has 0 N–H and O–H groups in total. The van der Waals surface area contributed by atoms with Crippen molar-refractivity contribution in [3.8, 4) is 5.75 Å². The van der Waals surface area contributed by atoms with Crippen molar-refractivity contribution in [3.63, 3.8) is 0 Å². The second-order valence-corrected chi connectivity index (χ2v) is 8.33. The van der Waals surface area contributed by atoms with Crippen LogP contribution >= 0.6 is 7.14 Å². The molecule has 0 unspecified atom stereocenters. The van der Waals surface area contributed by atoms with Gasteiger partial charge in [-0.2, -0.15) is 0 Å². The van der Waals surface area contributed by atoms with Gasteiger partial charge < -0.3 is 9.30 Å². The Kier molecular flexibility index (Phi) is 4.88. The molecule has 7 heteroatoms. The molecule has 0 atom stereocenters. The smallest absolute Gasteiger partial charge is 0.171 e. The van der Waals surface area contributed by atoms with Crippen LogP contribution in [0.4, 0.5) is 17.6 Å². The first kappa shape index (κ1) is 18.2. The Morgan fingerprint density at radius 2 is 1.04 bits per heavy atom. The van der Waals surface area contributed by atoms with Gasteiger partial charge in [-0.05, 0) is 48.5 Å². The second kappa shape index (κ2) is 6.96. The summed E-state index contributed by atoms with van der Waals surface area (Å²) >= 11 is 0. The minimum Gasteiger partial charge on any atom is -0.497 e. The van der Waals surface area contributed by atoms with E-state index in [9.17, 15) is 22.1 Å². The van der Waals surface area contributed by atoms with Gasteiger partial charge in [0.2, 0.25) is 0 Å². The number of hydrogen-bond acceptors (Lipinski definition) is 2. The molecule has 0 spiro atoms. The van der Waals surface area contributed by atoms with E-state index < -0.39 is 30.4 Å². The molecule has 134 valence electrons. The molecule has 0 bridgehead atoms. The normalized spacial score (nSPS) is 11.4. The fourth-order valence-corrected chi connectivity index (χ4v) is 5.37. The molecule has 0 fully saturated rings. The Morgan fingerprint density at radius 3 is 1.38 bits per heavy atom. The monoisotopic (exact) mass is 380 g/mol. The van der Waals surface area contributed by atoms with Gasteiger partial charge in [0, 0.05) is 28.0 Å². The highest BCUT2D eigenvalue weighted by atomic mass is 31.2. The number of ether oxygens (including phenoxy) is 1. The highest BCUT2D eigenvalue weighted by Gasteiger charge is 2.32. The molecule has 3 aromatic rings. The van der Waals surface area contributed by atoms with Gasteiger partial charge in [0.25, 0.3) is 0 Å². The van der Waals surface area contributed by atoms with Crippen LogP contribution in [0.5, 0.6) is 5.75 Å². The Balaban J connectivity index is 2.32. The standard InChI is InChI=1S/C19H13F4O2P/c1-25-16-2-4-17(5-3-16)26(24,18-8-12(20)6-13(21)9-18)19-10-14(22)7-15(23)11-19/h2-11H,1H3. The lowest BCUT2D eigenvalue weighted by Gasteiger charge is -2.20. The van der Waals surface area contributed by atoms with Gasteiger partial charge in [0.05, 0.1) is 7.11 Å². The van der Waals surface area contributed by atoms with Crippen molar-refractivity contribution in [3.05, 3.63) is 83.9 Å².